The van der Waals surface area contributed by atoms with Gasteiger partial charge in [-0.05, 0) is 61.8 Å². The highest BCUT2D eigenvalue weighted by atomic mass is 35.5. The summed E-state index contributed by atoms with van der Waals surface area (Å²) in [6.45, 7) is 4.82. The lowest BCUT2D eigenvalue weighted by Gasteiger charge is -2.32. The van der Waals surface area contributed by atoms with Gasteiger partial charge in [0.1, 0.15) is 19.0 Å². The van der Waals surface area contributed by atoms with E-state index in [2.05, 4.69) is 22.3 Å². The Bertz CT molecular complexity index is 1290. The number of rotatable bonds is 9. The van der Waals surface area contributed by atoms with E-state index >= 15 is 0 Å². The molecule has 1 saturated heterocycles. The molecule has 0 unspecified atom stereocenters. The van der Waals surface area contributed by atoms with Crippen molar-refractivity contribution in [3.05, 3.63) is 64.4 Å². The highest BCUT2D eigenvalue weighted by Gasteiger charge is 2.20. The monoisotopic (exact) mass is 529 g/mol. The average Bonchev–Trinajstić information content (AvgIpc) is 2.90. The number of nitrogens with zero attached hydrogens (tertiary/aromatic N) is 2. The van der Waals surface area contributed by atoms with Crippen molar-refractivity contribution < 1.29 is 24.1 Å². The van der Waals surface area contributed by atoms with Gasteiger partial charge in [0.05, 0.1) is 5.52 Å². The number of hydrogen-bond acceptors (Lipinski definition) is 7. The number of aromatic nitrogens is 1. The Morgan fingerprint density at radius 2 is 1.81 bits per heavy atom. The van der Waals surface area contributed by atoms with E-state index in [1.165, 1.54) is 11.6 Å². The van der Waals surface area contributed by atoms with Crippen LogP contribution >= 0.6 is 12.4 Å². The highest BCUT2D eigenvalue weighted by Crippen LogP contribution is 2.31. The van der Waals surface area contributed by atoms with Crippen LogP contribution < -0.4 is 25.1 Å². The van der Waals surface area contributed by atoms with Gasteiger partial charge in [-0.25, -0.2) is 4.79 Å². The third-order valence-corrected chi connectivity index (χ3v) is 6.77. The first-order chi connectivity index (χ1) is 17.6. The number of piperidine rings is 1. The molecule has 0 bridgehead atoms. The zero-order chi connectivity index (χ0) is 24.9. The first kappa shape index (κ1) is 26.8. The van der Waals surface area contributed by atoms with Gasteiger partial charge in [0.15, 0.2) is 18.1 Å². The number of benzene rings is 2. The first-order valence-corrected chi connectivity index (χ1v) is 12.4. The van der Waals surface area contributed by atoms with E-state index in [9.17, 15) is 9.59 Å². The fourth-order valence-corrected chi connectivity index (χ4v) is 4.86. The van der Waals surface area contributed by atoms with E-state index in [1.54, 1.807) is 22.8 Å². The predicted molar refractivity (Wildman–Crippen MR) is 142 cm³/mol. The molecular formula is C27H32ClN3O6. The lowest BCUT2D eigenvalue weighted by molar-refractivity contribution is -0.139. The van der Waals surface area contributed by atoms with E-state index in [1.807, 2.05) is 12.1 Å². The molecule has 10 heteroatoms. The molecule has 0 radical (unpaired) electrons. The van der Waals surface area contributed by atoms with E-state index in [0.717, 1.165) is 61.4 Å². The molecular weight excluding hydrogens is 498 g/mol. The average molecular weight is 530 g/mol. The van der Waals surface area contributed by atoms with Gasteiger partial charge in [0, 0.05) is 37.1 Å². The summed E-state index contributed by atoms with van der Waals surface area (Å²) in [6, 6.07) is 15.2. The molecule has 3 heterocycles. The number of carboxylic acid groups (broad SMARTS) is 1. The van der Waals surface area contributed by atoms with Crippen LogP contribution in [0.4, 0.5) is 0 Å². The highest BCUT2D eigenvalue weighted by molar-refractivity contribution is 5.86. The molecule has 1 aromatic heterocycles. The van der Waals surface area contributed by atoms with Crippen LogP contribution in [0.25, 0.3) is 10.9 Å². The van der Waals surface area contributed by atoms with Crippen LogP contribution in [0.1, 0.15) is 18.4 Å². The van der Waals surface area contributed by atoms with Gasteiger partial charge in [-0.15, -0.1) is 12.4 Å². The number of halogens is 1. The second-order valence-corrected chi connectivity index (χ2v) is 9.17. The smallest absolute Gasteiger partial charge is 0.341 e. The van der Waals surface area contributed by atoms with Gasteiger partial charge in [0.2, 0.25) is 0 Å². The number of carboxylic acids is 1. The molecule has 2 aromatic carbocycles. The van der Waals surface area contributed by atoms with Gasteiger partial charge in [-0.2, -0.15) is 0 Å². The molecule has 0 amide bonds. The Balaban J connectivity index is 0.00000320. The van der Waals surface area contributed by atoms with E-state index in [0.29, 0.717) is 31.5 Å². The molecule has 198 valence electrons. The van der Waals surface area contributed by atoms with Crippen molar-refractivity contribution in [3.8, 4) is 17.2 Å². The molecule has 2 aliphatic heterocycles. The summed E-state index contributed by atoms with van der Waals surface area (Å²) < 4.78 is 18.4. The number of fused-ring (bicyclic) bond motifs is 2. The van der Waals surface area contributed by atoms with Gasteiger partial charge >= 0.3 is 5.97 Å². The van der Waals surface area contributed by atoms with Crippen molar-refractivity contribution >= 4 is 29.3 Å². The normalized spacial score (nSPS) is 15.8. The zero-order valence-electron chi connectivity index (χ0n) is 20.6. The molecule has 5 rings (SSSR count). The first-order valence-electron chi connectivity index (χ1n) is 12.4. The van der Waals surface area contributed by atoms with Crippen LogP contribution in [0.5, 0.6) is 17.2 Å². The summed E-state index contributed by atoms with van der Waals surface area (Å²) >= 11 is 0. The minimum Gasteiger partial charge on any atom is -0.486 e. The summed E-state index contributed by atoms with van der Waals surface area (Å²) in [5, 5.41) is 13.3. The second kappa shape index (κ2) is 12.3. The topological polar surface area (TPSA) is 102 Å². The number of carbonyl (C=O) groups is 1. The largest absolute Gasteiger partial charge is 0.486 e. The second-order valence-electron chi connectivity index (χ2n) is 9.17. The van der Waals surface area contributed by atoms with Gasteiger partial charge in [0.25, 0.3) is 5.56 Å². The standard InChI is InChI=1S/C27H31N3O6.ClH/c31-26-7-5-21-22(2-1-3-23(21)36-18-27(32)33)30(26)13-12-29-10-8-20(9-11-29)28-17-19-4-6-24-25(16-19)35-15-14-34-24;/h1-7,16,20,28H,8-15,17-18H2,(H,32,33);1H. The quantitative estimate of drug-likeness (QED) is 0.436. The lowest BCUT2D eigenvalue weighted by Crippen LogP contribution is -2.43. The summed E-state index contributed by atoms with van der Waals surface area (Å²) in [7, 11) is 0. The van der Waals surface area contributed by atoms with E-state index < -0.39 is 12.6 Å². The van der Waals surface area contributed by atoms with Crippen molar-refractivity contribution in [2.75, 3.05) is 39.5 Å². The van der Waals surface area contributed by atoms with Crippen LogP contribution in [0.15, 0.2) is 53.3 Å². The Hall–Kier alpha value is -3.27. The Morgan fingerprint density at radius 1 is 1.03 bits per heavy atom. The van der Waals surface area contributed by atoms with Crippen molar-refractivity contribution in [3.63, 3.8) is 0 Å². The fraction of sp³-hybridized carbons (Fsp3) is 0.407. The Labute approximate surface area is 221 Å². The number of ether oxygens (including phenoxy) is 3. The number of aliphatic carboxylic acids is 1. The summed E-state index contributed by atoms with van der Waals surface area (Å²) in [5.41, 5.74) is 1.86. The SMILES string of the molecule is Cl.O=C(O)COc1cccc2c1ccc(=O)n2CCN1CCC(NCc2ccc3c(c2)OCCO3)CC1. The van der Waals surface area contributed by atoms with Crippen LogP contribution in [0.3, 0.4) is 0 Å². The van der Waals surface area contributed by atoms with Crippen molar-refractivity contribution in [1.29, 1.82) is 0 Å². The minimum atomic E-state index is -1.04. The molecule has 0 aliphatic carbocycles. The van der Waals surface area contributed by atoms with Crippen LogP contribution in [0, 0.1) is 0 Å². The summed E-state index contributed by atoms with van der Waals surface area (Å²) in [5.74, 6) is 1.06. The molecule has 9 nitrogen and oxygen atoms in total. The Morgan fingerprint density at radius 3 is 2.59 bits per heavy atom. The third kappa shape index (κ3) is 6.54. The maximum atomic E-state index is 12.6. The molecule has 1 fully saturated rings. The number of hydrogen-bond donors (Lipinski definition) is 2. The minimum absolute atomic E-state index is 0. The molecule has 3 aromatic rings. The predicted octanol–water partition coefficient (Wildman–Crippen LogP) is 2.91. The molecule has 2 aliphatic rings. The van der Waals surface area contributed by atoms with Gasteiger partial charge < -0.3 is 34.1 Å². The van der Waals surface area contributed by atoms with E-state index in [4.69, 9.17) is 19.3 Å². The number of likely N-dealkylation sites (tertiary alicyclic amines) is 1. The Kier molecular flexibility index (Phi) is 8.91. The van der Waals surface area contributed by atoms with Crippen molar-refractivity contribution in [1.82, 2.24) is 14.8 Å². The fourth-order valence-electron chi connectivity index (χ4n) is 4.86. The van der Waals surface area contributed by atoms with Crippen LogP contribution in [-0.2, 0) is 17.9 Å². The van der Waals surface area contributed by atoms with Gasteiger partial charge in [-0.3, -0.25) is 4.79 Å². The molecule has 0 atom stereocenters. The maximum absolute atomic E-state index is 12.6. The van der Waals surface area contributed by atoms with Crippen molar-refractivity contribution in [2.45, 2.75) is 32.0 Å². The lowest BCUT2D eigenvalue weighted by atomic mass is 10.0. The maximum Gasteiger partial charge on any atom is 0.341 e. The summed E-state index contributed by atoms with van der Waals surface area (Å²) in [6.07, 6.45) is 2.09. The van der Waals surface area contributed by atoms with Crippen LogP contribution in [-0.4, -0.2) is 66.0 Å². The molecule has 2 N–H and O–H groups in total. The van der Waals surface area contributed by atoms with Crippen molar-refractivity contribution in [2.24, 2.45) is 0 Å². The molecule has 37 heavy (non-hydrogen) atoms. The molecule has 0 saturated carbocycles. The number of nitrogens with one attached hydrogen (secondary N) is 1. The number of pyridine rings is 1. The van der Waals surface area contributed by atoms with Crippen LogP contribution in [0.2, 0.25) is 0 Å². The molecule has 0 spiro atoms. The third-order valence-electron chi connectivity index (χ3n) is 6.77. The zero-order valence-corrected chi connectivity index (χ0v) is 21.4. The van der Waals surface area contributed by atoms with Gasteiger partial charge in [-0.1, -0.05) is 12.1 Å². The summed E-state index contributed by atoms with van der Waals surface area (Å²) in [4.78, 5) is 25.9. The van der Waals surface area contributed by atoms with E-state index in [-0.39, 0.29) is 18.0 Å².